The van der Waals surface area contributed by atoms with E-state index in [9.17, 15) is 4.79 Å². The molecule has 5 rings (SSSR count). The molecule has 0 N–H and O–H groups in total. The highest BCUT2D eigenvalue weighted by molar-refractivity contribution is 6.04. The van der Waals surface area contributed by atoms with Crippen LogP contribution in [0.15, 0.2) is 103 Å². The van der Waals surface area contributed by atoms with Crippen LogP contribution in [0, 0.1) is 0 Å². The van der Waals surface area contributed by atoms with Gasteiger partial charge in [-0.1, -0.05) is 97.9 Å². The second-order valence-electron chi connectivity index (χ2n) is 10.9. The normalized spacial score (nSPS) is 15.2. The van der Waals surface area contributed by atoms with Crippen molar-refractivity contribution in [2.24, 2.45) is 0 Å². The molecule has 1 heterocycles. The summed E-state index contributed by atoms with van der Waals surface area (Å²) in [5.74, 6) is 0.184. The lowest BCUT2D eigenvalue weighted by Gasteiger charge is -2.39. The average molecular weight is 533 g/mol. The monoisotopic (exact) mass is 532 g/mol. The molecular formula is C36H40N2O2. The zero-order chi connectivity index (χ0) is 28.0. The van der Waals surface area contributed by atoms with Gasteiger partial charge in [-0.25, -0.2) is 0 Å². The van der Waals surface area contributed by atoms with Gasteiger partial charge in [-0.15, -0.1) is 0 Å². The highest BCUT2D eigenvalue weighted by Gasteiger charge is 2.40. The van der Waals surface area contributed by atoms with Gasteiger partial charge in [0, 0.05) is 24.3 Å². The average Bonchev–Trinajstić information content (AvgIpc) is 3.01. The predicted molar refractivity (Wildman–Crippen MR) is 165 cm³/mol. The predicted octanol–water partition coefficient (Wildman–Crippen LogP) is 6.92. The second kappa shape index (κ2) is 12.6. The van der Waals surface area contributed by atoms with Gasteiger partial charge in [0.15, 0.2) is 5.78 Å². The summed E-state index contributed by atoms with van der Waals surface area (Å²) in [4.78, 5) is 19.1. The standard InChI is InChI=1S/C36H40N2O2/c1-4-36(37(2)3,27-31-15-9-10-16-33(31)29-12-6-5-7-13-29)35(39)34-17-11-8-14-30(34)26-28-18-20-32(21-19-28)38-22-24-40-25-23-38/h5-21H,4,22-27H2,1-3H3. The van der Waals surface area contributed by atoms with E-state index in [1.165, 1.54) is 27.9 Å². The number of hydrogen-bond acceptors (Lipinski definition) is 4. The first-order chi connectivity index (χ1) is 19.5. The maximum Gasteiger partial charge on any atom is 0.183 e. The van der Waals surface area contributed by atoms with Crippen LogP contribution in [0.1, 0.15) is 40.4 Å². The van der Waals surface area contributed by atoms with E-state index in [0.29, 0.717) is 12.8 Å². The molecule has 1 unspecified atom stereocenters. The van der Waals surface area contributed by atoms with E-state index in [2.05, 4.69) is 95.6 Å². The summed E-state index contributed by atoms with van der Waals surface area (Å²) in [5, 5.41) is 0. The molecule has 0 aliphatic carbocycles. The van der Waals surface area contributed by atoms with Crippen LogP contribution in [-0.2, 0) is 17.6 Å². The van der Waals surface area contributed by atoms with Gasteiger partial charge < -0.3 is 9.64 Å². The topological polar surface area (TPSA) is 32.8 Å². The number of ketones is 1. The molecule has 0 saturated carbocycles. The summed E-state index contributed by atoms with van der Waals surface area (Å²) < 4.78 is 5.50. The van der Waals surface area contributed by atoms with E-state index in [-0.39, 0.29) is 5.78 Å². The Morgan fingerprint density at radius 2 is 1.43 bits per heavy atom. The molecule has 0 bridgehead atoms. The number of nitrogens with zero attached hydrogens (tertiary/aromatic N) is 2. The smallest absolute Gasteiger partial charge is 0.183 e. The van der Waals surface area contributed by atoms with Crippen LogP contribution in [0.2, 0.25) is 0 Å². The zero-order valence-corrected chi connectivity index (χ0v) is 24.0. The minimum absolute atomic E-state index is 0.184. The third-order valence-corrected chi connectivity index (χ3v) is 8.42. The quantitative estimate of drug-likeness (QED) is 0.208. The summed E-state index contributed by atoms with van der Waals surface area (Å²) >= 11 is 0. The van der Waals surface area contributed by atoms with Crippen LogP contribution in [0.25, 0.3) is 11.1 Å². The lowest BCUT2D eigenvalue weighted by atomic mass is 9.77. The number of hydrogen-bond donors (Lipinski definition) is 0. The molecule has 1 fully saturated rings. The summed E-state index contributed by atoms with van der Waals surface area (Å²) in [6.07, 6.45) is 2.08. The van der Waals surface area contributed by atoms with E-state index in [0.717, 1.165) is 43.9 Å². The van der Waals surface area contributed by atoms with E-state index in [1.54, 1.807) is 0 Å². The Bertz CT molecular complexity index is 1410. The molecule has 206 valence electrons. The Kier molecular flexibility index (Phi) is 8.78. The Labute approximate surface area is 239 Å². The Balaban J connectivity index is 1.44. The number of carbonyl (C=O) groups excluding carboxylic acids is 1. The van der Waals surface area contributed by atoms with Crippen molar-refractivity contribution >= 4 is 11.5 Å². The van der Waals surface area contributed by atoms with Crippen molar-refractivity contribution in [1.29, 1.82) is 0 Å². The number of benzene rings is 4. The molecule has 1 saturated heterocycles. The number of ether oxygens (including phenoxy) is 1. The maximum absolute atomic E-state index is 14.6. The Morgan fingerprint density at radius 3 is 2.10 bits per heavy atom. The molecule has 4 aromatic carbocycles. The molecule has 40 heavy (non-hydrogen) atoms. The van der Waals surface area contributed by atoms with Crippen LogP contribution in [0.4, 0.5) is 5.69 Å². The molecule has 0 spiro atoms. The van der Waals surface area contributed by atoms with Crippen LogP contribution >= 0.6 is 0 Å². The van der Waals surface area contributed by atoms with Gasteiger partial charge in [0.25, 0.3) is 0 Å². The Morgan fingerprint density at radius 1 is 0.800 bits per heavy atom. The summed E-state index contributed by atoms with van der Waals surface area (Å²) in [6, 6.07) is 35.9. The summed E-state index contributed by atoms with van der Waals surface area (Å²) in [6.45, 7) is 5.54. The minimum atomic E-state index is -0.665. The molecule has 4 heteroatoms. The molecule has 4 aromatic rings. The van der Waals surface area contributed by atoms with Crippen LogP contribution in [0.3, 0.4) is 0 Å². The highest BCUT2D eigenvalue weighted by Crippen LogP contribution is 2.33. The van der Waals surface area contributed by atoms with Gasteiger partial charge in [-0.3, -0.25) is 9.69 Å². The fourth-order valence-corrected chi connectivity index (χ4v) is 5.94. The molecule has 4 nitrogen and oxygen atoms in total. The first kappa shape index (κ1) is 27.8. The summed E-state index contributed by atoms with van der Waals surface area (Å²) in [5.41, 5.74) is 7.20. The first-order valence-electron chi connectivity index (χ1n) is 14.4. The Hall–Kier alpha value is -3.73. The lowest BCUT2D eigenvalue weighted by Crippen LogP contribution is -2.52. The van der Waals surface area contributed by atoms with E-state index >= 15 is 0 Å². The van der Waals surface area contributed by atoms with E-state index < -0.39 is 5.54 Å². The van der Waals surface area contributed by atoms with Gasteiger partial charge in [0.05, 0.1) is 18.8 Å². The second-order valence-corrected chi connectivity index (χ2v) is 10.9. The van der Waals surface area contributed by atoms with Crippen LogP contribution in [0.5, 0.6) is 0 Å². The highest BCUT2D eigenvalue weighted by atomic mass is 16.5. The number of anilines is 1. The molecule has 0 amide bonds. The largest absolute Gasteiger partial charge is 0.378 e. The molecule has 1 aliphatic heterocycles. The molecular weight excluding hydrogens is 492 g/mol. The SMILES string of the molecule is CCC(Cc1ccccc1-c1ccccc1)(C(=O)c1ccccc1Cc1ccc(N2CCOCC2)cc1)N(C)C. The fourth-order valence-electron chi connectivity index (χ4n) is 5.94. The van der Waals surface area contributed by atoms with Crippen molar-refractivity contribution in [3.63, 3.8) is 0 Å². The van der Waals surface area contributed by atoms with Gasteiger partial charge in [-0.05, 0) is 73.3 Å². The third kappa shape index (κ3) is 5.89. The fraction of sp³-hybridized carbons (Fsp3) is 0.306. The van der Waals surface area contributed by atoms with Crippen LogP contribution < -0.4 is 4.90 Å². The van der Waals surface area contributed by atoms with Gasteiger partial charge in [-0.2, -0.15) is 0 Å². The number of likely N-dealkylation sites (N-methyl/N-ethyl adjacent to an activating group) is 1. The number of Topliss-reactive ketones (excluding diaryl/α,β-unsaturated/α-hetero) is 1. The van der Waals surface area contributed by atoms with Crippen molar-refractivity contribution < 1.29 is 9.53 Å². The number of carbonyl (C=O) groups is 1. The van der Waals surface area contributed by atoms with Gasteiger partial charge >= 0.3 is 0 Å². The molecule has 1 atom stereocenters. The van der Waals surface area contributed by atoms with Crippen molar-refractivity contribution in [2.75, 3.05) is 45.3 Å². The molecule has 0 aromatic heterocycles. The van der Waals surface area contributed by atoms with Gasteiger partial charge in [0.1, 0.15) is 0 Å². The van der Waals surface area contributed by atoms with E-state index in [1.807, 2.05) is 38.4 Å². The van der Waals surface area contributed by atoms with Crippen molar-refractivity contribution in [2.45, 2.75) is 31.7 Å². The number of rotatable bonds is 10. The minimum Gasteiger partial charge on any atom is -0.378 e. The number of morpholine rings is 1. The third-order valence-electron chi connectivity index (χ3n) is 8.42. The molecule has 0 radical (unpaired) electrons. The molecule has 1 aliphatic rings. The van der Waals surface area contributed by atoms with Gasteiger partial charge in [0.2, 0.25) is 0 Å². The zero-order valence-electron chi connectivity index (χ0n) is 24.0. The van der Waals surface area contributed by atoms with Crippen molar-refractivity contribution in [1.82, 2.24) is 4.90 Å². The summed E-state index contributed by atoms with van der Waals surface area (Å²) in [7, 11) is 4.08. The van der Waals surface area contributed by atoms with Crippen molar-refractivity contribution in [3.05, 3.63) is 125 Å². The van der Waals surface area contributed by atoms with E-state index in [4.69, 9.17) is 4.74 Å². The van der Waals surface area contributed by atoms with Crippen molar-refractivity contribution in [3.8, 4) is 11.1 Å². The van der Waals surface area contributed by atoms with Crippen LogP contribution in [-0.4, -0.2) is 56.6 Å². The lowest BCUT2D eigenvalue weighted by molar-refractivity contribution is 0.0666. The maximum atomic E-state index is 14.6. The first-order valence-corrected chi connectivity index (χ1v) is 14.4.